The molecule has 1 aromatic heterocycles. The van der Waals surface area contributed by atoms with Gasteiger partial charge in [-0.15, -0.1) is 11.8 Å². The van der Waals surface area contributed by atoms with Crippen molar-refractivity contribution in [3.05, 3.63) is 115 Å². The Morgan fingerprint density at radius 1 is 0.959 bits per heavy atom. The fourth-order valence-electron chi connectivity index (χ4n) is 8.77. The molecule has 4 aliphatic rings. The molecular formula is C37H27BrClN3O5S2. The maximum atomic E-state index is 14.1. The van der Waals surface area contributed by atoms with Crippen molar-refractivity contribution >= 4 is 90.5 Å². The second-order valence-electron chi connectivity index (χ2n) is 13.0. The van der Waals surface area contributed by atoms with Gasteiger partial charge in [0.2, 0.25) is 11.8 Å². The summed E-state index contributed by atoms with van der Waals surface area (Å²) in [6, 6.07) is 26.2. The van der Waals surface area contributed by atoms with Crippen LogP contribution in [-0.4, -0.2) is 34.6 Å². The number of aromatic nitrogens is 1. The summed E-state index contributed by atoms with van der Waals surface area (Å²) in [5, 5.41) is 6.21. The van der Waals surface area contributed by atoms with E-state index in [0.717, 1.165) is 48.5 Å². The lowest BCUT2D eigenvalue weighted by Gasteiger charge is -2.43. The number of carbonyl (C=O) groups excluding carboxylic acids is 3. The number of hydrogen-bond donors (Lipinski definition) is 2. The highest BCUT2D eigenvalue weighted by atomic mass is 79.9. The summed E-state index contributed by atoms with van der Waals surface area (Å²) in [6.45, 7) is -0.241. The van der Waals surface area contributed by atoms with E-state index >= 15 is 0 Å². The first-order valence-corrected chi connectivity index (χ1v) is 18.9. The van der Waals surface area contributed by atoms with Crippen LogP contribution in [0.25, 0.3) is 10.8 Å². The second kappa shape index (κ2) is 11.9. The van der Waals surface area contributed by atoms with Crippen LogP contribution in [0.1, 0.15) is 22.8 Å². The number of fused-ring (bicyclic) bond motifs is 10. The van der Waals surface area contributed by atoms with Gasteiger partial charge in [0.05, 0.1) is 22.5 Å². The number of thioether (sulfide) groups is 1. The van der Waals surface area contributed by atoms with Gasteiger partial charge in [0, 0.05) is 42.2 Å². The fraction of sp³-hybridized carbons (Fsp3) is 0.243. The average molecular weight is 773 g/mol. The molecule has 4 aromatic carbocycles. The summed E-state index contributed by atoms with van der Waals surface area (Å²) in [4.78, 5) is 59.2. The molecule has 0 radical (unpaired) electrons. The summed E-state index contributed by atoms with van der Waals surface area (Å²) in [5.74, 6) is -1.47. The Bertz CT molecular complexity index is 2250. The number of ether oxygens (including phenoxy) is 1. The van der Waals surface area contributed by atoms with Crippen molar-refractivity contribution in [2.24, 2.45) is 29.6 Å². The zero-order chi connectivity index (χ0) is 33.6. The van der Waals surface area contributed by atoms with Crippen LogP contribution in [0.5, 0.6) is 5.75 Å². The monoisotopic (exact) mass is 771 g/mol. The predicted octanol–water partition coefficient (Wildman–Crippen LogP) is 7.70. The van der Waals surface area contributed by atoms with Crippen molar-refractivity contribution < 1.29 is 19.1 Å². The largest absolute Gasteiger partial charge is 0.483 e. The van der Waals surface area contributed by atoms with Crippen LogP contribution in [-0.2, 0) is 14.4 Å². The minimum absolute atomic E-state index is 0.00268. The highest BCUT2D eigenvalue weighted by Gasteiger charge is 2.69. The third-order valence-corrected chi connectivity index (χ3v) is 13.9. The van der Waals surface area contributed by atoms with Crippen LogP contribution in [0, 0.1) is 29.6 Å². The Morgan fingerprint density at radius 2 is 1.71 bits per heavy atom. The summed E-state index contributed by atoms with van der Waals surface area (Å²) in [7, 11) is 0. The van der Waals surface area contributed by atoms with E-state index < -0.39 is 11.8 Å². The summed E-state index contributed by atoms with van der Waals surface area (Å²) in [5.41, 5.74) is 2.04. The first-order chi connectivity index (χ1) is 23.8. The number of imide groups is 1. The fourth-order valence-corrected chi connectivity index (χ4v) is 12.1. The van der Waals surface area contributed by atoms with Gasteiger partial charge >= 0.3 is 4.87 Å². The number of aromatic amines is 1. The van der Waals surface area contributed by atoms with Crippen LogP contribution in [0.2, 0.25) is 5.02 Å². The molecule has 2 bridgehead atoms. The number of halogens is 2. The SMILES string of the molecule is O=C(COc1ccc(Cl)cc1[C@H]1c2sc(=O)[nH]c2SC2C3CC(C4C(=O)N(c5ccc(Br)cc5)C(=O)C34)C21)Nc1cccc2ccccc12. The molecule has 2 N–H and O–H groups in total. The molecule has 6 unspecified atom stereocenters. The van der Waals surface area contributed by atoms with Crippen LogP contribution < -0.4 is 19.8 Å². The van der Waals surface area contributed by atoms with Crippen molar-refractivity contribution in [3.8, 4) is 5.75 Å². The Kier molecular flexibility index (Phi) is 7.53. The predicted molar refractivity (Wildman–Crippen MR) is 195 cm³/mol. The van der Waals surface area contributed by atoms with Crippen LogP contribution in [0.15, 0.2) is 99.2 Å². The smallest absolute Gasteiger partial charge is 0.305 e. The van der Waals surface area contributed by atoms with Gasteiger partial charge in [0.1, 0.15) is 5.75 Å². The molecule has 5 aromatic rings. The minimum Gasteiger partial charge on any atom is -0.483 e. The number of nitrogens with one attached hydrogen (secondary N) is 2. The van der Waals surface area contributed by atoms with E-state index in [2.05, 4.69) is 26.2 Å². The minimum atomic E-state index is -0.447. The maximum Gasteiger partial charge on any atom is 0.305 e. The lowest BCUT2D eigenvalue weighted by atomic mass is 9.68. The molecular weight excluding hydrogens is 746 g/mol. The van der Waals surface area contributed by atoms with E-state index in [1.807, 2.05) is 60.7 Å². The molecule has 246 valence electrons. The Hall–Kier alpha value is -3.90. The Morgan fingerprint density at radius 3 is 2.53 bits per heavy atom. The van der Waals surface area contributed by atoms with Crippen LogP contribution >= 0.6 is 50.6 Å². The van der Waals surface area contributed by atoms with E-state index in [1.54, 1.807) is 36.0 Å². The lowest BCUT2D eigenvalue weighted by Crippen LogP contribution is -2.42. The number of amides is 3. The second-order valence-corrected chi connectivity index (χ2v) is 16.5. The van der Waals surface area contributed by atoms with Gasteiger partial charge in [-0.2, -0.15) is 0 Å². The first kappa shape index (κ1) is 31.1. The molecule has 3 amide bonds. The average Bonchev–Trinajstić information content (AvgIpc) is 3.83. The molecule has 2 aliphatic heterocycles. The zero-order valence-corrected chi connectivity index (χ0v) is 29.6. The molecule has 1 saturated heterocycles. The standard InChI is InChI=1S/C37H27BrClN3O5S2/c38-18-8-11-20(12-9-18)42-35(44)30-23-15-24(31(30)36(42)45)32-29(23)28(33-34(48-32)41-37(46)49-33)22-14-19(39)10-13-26(22)47-16-27(43)40-25-7-3-5-17-4-1-2-6-21(17)25/h1-14,23-24,28-32H,15-16H2,(H,40,43)(H,41,46)/t23?,24?,28-,29?,30?,31?,32?/m1/s1. The van der Waals surface area contributed by atoms with Gasteiger partial charge in [0.15, 0.2) is 6.61 Å². The number of rotatable bonds is 6. The lowest BCUT2D eigenvalue weighted by molar-refractivity contribution is -0.123. The third-order valence-electron chi connectivity index (χ3n) is 10.5. The molecule has 2 aliphatic carbocycles. The van der Waals surface area contributed by atoms with Crippen LogP contribution in [0.3, 0.4) is 0 Å². The van der Waals surface area contributed by atoms with E-state index in [-0.39, 0.29) is 58.1 Å². The highest BCUT2D eigenvalue weighted by Crippen LogP contribution is 2.69. The summed E-state index contributed by atoms with van der Waals surface area (Å²) >= 11 is 12.9. The molecule has 8 nitrogen and oxygen atoms in total. The molecule has 7 atom stereocenters. The van der Waals surface area contributed by atoms with Gasteiger partial charge in [-0.25, -0.2) is 0 Å². The van der Waals surface area contributed by atoms with Gasteiger partial charge in [-0.1, -0.05) is 75.3 Å². The van der Waals surface area contributed by atoms with Gasteiger partial charge in [-0.3, -0.25) is 24.1 Å². The molecule has 3 fully saturated rings. The van der Waals surface area contributed by atoms with Crippen molar-refractivity contribution in [2.75, 3.05) is 16.8 Å². The number of anilines is 2. The number of carbonyl (C=O) groups is 3. The molecule has 3 heterocycles. The normalized spacial score (nSPS) is 26.5. The molecule has 9 rings (SSSR count). The number of nitrogens with zero attached hydrogens (tertiary/aromatic N) is 1. The van der Waals surface area contributed by atoms with E-state index in [9.17, 15) is 19.2 Å². The molecule has 49 heavy (non-hydrogen) atoms. The van der Waals surface area contributed by atoms with E-state index in [0.29, 0.717) is 22.1 Å². The van der Waals surface area contributed by atoms with Crippen molar-refractivity contribution in [1.29, 1.82) is 0 Å². The third kappa shape index (κ3) is 4.99. The summed E-state index contributed by atoms with van der Waals surface area (Å²) < 4.78 is 7.12. The first-order valence-electron chi connectivity index (χ1n) is 16.0. The Balaban J connectivity index is 1.05. The molecule has 12 heteroatoms. The zero-order valence-electron chi connectivity index (χ0n) is 25.6. The van der Waals surface area contributed by atoms with Crippen LogP contribution in [0.4, 0.5) is 11.4 Å². The maximum absolute atomic E-state index is 14.1. The topological polar surface area (TPSA) is 109 Å². The van der Waals surface area contributed by atoms with E-state index in [4.69, 9.17) is 16.3 Å². The molecule has 0 spiro atoms. The highest BCUT2D eigenvalue weighted by molar-refractivity contribution is 9.10. The van der Waals surface area contributed by atoms with Gasteiger partial charge < -0.3 is 15.0 Å². The molecule has 2 saturated carbocycles. The van der Waals surface area contributed by atoms with Crippen molar-refractivity contribution in [3.63, 3.8) is 0 Å². The number of H-pyrrole nitrogens is 1. The van der Waals surface area contributed by atoms with Gasteiger partial charge in [0.25, 0.3) is 5.91 Å². The number of thiazole rings is 1. The van der Waals surface area contributed by atoms with Crippen molar-refractivity contribution in [1.82, 2.24) is 4.98 Å². The van der Waals surface area contributed by atoms with Gasteiger partial charge in [-0.05, 0) is 78.1 Å². The Labute approximate surface area is 302 Å². The number of benzene rings is 4. The quantitative estimate of drug-likeness (QED) is 0.171. The van der Waals surface area contributed by atoms with E-state index in [1.165, 1.54) is 4.90 Å². The summed E-state index contributed by atoms with van der Waals surface area (Å²) in [6.07, 6.45) is 0.753. The number of hydrogen-bond acceptors (Lipinski definition) is 7. The van der Waals surface area contributed by atoms with Crippen molar-refractivity contribution in [2.45, 2.75) is 22.6 Å².